The molecule has 0 aliphatic heterocycles. The molecule has 3 heteroatoms. The lowest BCUT2D eigenvalue weighted by Crippen LogP contribution is -2.16. The normalized spacial score (nSPS) is 15.8. The Balaban J connectivity index is 1.19. The number of hydrogen-bond donors (Lipinski definition) is 0. The van der Waals surface area contributed by atoms with Crippen molar-refractivity contribution in [2.75, 3.05) is 4.90 Å². The predicted molar refractivity (Wildman–Crippen MR) is 228 cm³/mol. The van der Waals surface area contributed by atoms with Crippen LogP contribution in [0, 0.1) is 5.92 Å². The van der Waals surface area contributed by atoms with Crippen LogP contribution in [0.4, 0.5) is 11.4 Å². The molecule has 53 heavy (non-hydrogen) atoms. The SMILES string of the molecule is C=C/C(=C\C=C\C1=C2C=CC=CC2CC=C1)N(c1ccccc1-c1cccc2c1oc1cc3ccccc3cc12)c1cccc2c1sc1ccccc12. The highest BCUT2D eigenvalue weighted by atomic mass is 32.1. The van der Waals surface area contributed by atoms with Crippen molar-refractivity contribution in [3.63, 3.8) is 0 Å². The number of para-hydroxylation sites is 2. The predicted octanol–water partition coefficient (Wildman–Crippen LogP) is 14.5. The Morgan fingerprint density at radius 1 is 0.717 bits per heavy atom. The molecule has 1 unspecified atom stereocenters. The number of hydrogen-bond acceptors (Lipinski definition) is 3. The maximum atomic E-state index is 6.77. The van der Waals surface area contributed by atoms with Crippen LogP contribution in [0.2, 0.25) is 0 Å². The van der Waals surface area contributed by atoms with Gasteiger partial charge in [0.1, 0.15) is 11.2 Å². The molecule has 0 spiro atoms. The molecule has 0 amide bonds. The minimum Gasteiger partial charge on any atom is -0.455 e. The number of nitrogens with zero attached hydrogens (tertiary/aromatic N) is 1. The smallest absolute Gasteiger partial charge is 0.143 e. The molecule has 0 bridgehead atoms. The second-order valence-corrected chi connectivity index (χ2v) is 14.7. The number of fused-ring (bicyclic) bond motifs is 8. The Morgan fingerprint density at radius 2 is 1.47 bits per heavy atom. The lowest BCUT2D eigenvalue weighted by Gasteiger charge is -2.29. The van der Waals surface area contributed by atoms with E-state index in [1.807, 2.05) is 17.4 Å². The standard InChI is InChI=1S/C50H35NOS/c1-2-37(21-12-20-34-19-11-18-33-15-5-6-22-38(33)34)51(46-29-14-27-43-40-24-8-10-30-48(40)53-50(43)46)45-28-9-7-23-39(45)41-25-13-26-42-44-31-35-16-3-4-17-36(35)32-47(44)52-49(41)42/h2-17,19-33H,1,18H2/b20-12+,37-21+. The highest BCUT2D eigenvalue weighted by Crippen LogP contribution is 2.47. The quantitative estimate of drug-likeness (QED) is 0.154. The number of thiophene rings is 1. The van der Waals surface area contributed by atoms with E-state index in [0.29, 0.717) is 5.92 Å². The van der Waals surface area contributed by atoms with E-state index in [9.17, 15) is 0 Å². The minimum atomic E-state index is 0.431. The van der Waals surface area contributed by atoms with Gasteiger partial charge in [-0.05, 0) is 70.8 Å². The molecule has 8 aromatic rings. The minimum absolute atomic E-state index is 0.431. The molecule has 2 aromatic heterocycles. The Bertz CT molecular complexity index is 2960. The van der Waals surface area contributed by atoms with Crippen LogP contribution in [-0.4, -0.2) is 0 Å². The number of rotatable bonds is 7. The first-order valence-electron chi connectivity index (χ1n) is 18.2. The third kappa shape index (κ3) is 5.32. The van der Waals surface area contributed by atoms with Gasteiger partial charge >= 0.3 is 0 Å². The molecule has 252 valence electrons. The first-order valence-corrected chi connectivity index (χ1v) is 19.0. The van der Waals surface area contributed by atoms with Crippen LogP contribution >= 0.6 is 11.3 Å². The van der Waals surface area contributed by atoms with Crippen LogP contribution in [-0.2, 0) is 0 Å². The van der Waals surface area contributed by atoms with Crippen LogP contribution in [0.5, 0.6) is 0 Å². The van der Waals surface area contributed by atoms with Crippen LogP contribution in [0.1, 0.15) is 6.42 Å². The topological polar surface area (TPSA) is 16.4 Å². The van der Waals surface area contributed by atoms with Crippen molar-refractivity contribution in [1.82, 2.24) is 0 Å². The van der Waals surface area contributed by atoms with Crippen LogP contribution in [0.3, 0.4) is 0 Å². The van der Waals surface area contributed by atoms with Gasteiger partial charge in [-0.15, -0.1) is 11.3 Å². The molecule has 6 aromatic carbocycles. The lowest BCUT2D eigenvalue weighted by atomic mass is 9.84. The summed E-state index contributed by atoms with van der Waals surface area (Å²) in [6.07, 6.45) is 23.0. The first-order chi connectivity index (χ1) is 26.2. The number of anilines is 2. The van der Waals surface area contributed by atoms with Gasteiger partial charge in [0, 0.05) is 49.0 Å². The summed E-state index contributed by atoms with van der Waals surface area (Å²) in [6, 6.07) is 43.4. The van der Waals surface area contributed by atoms with Gasteiger partial charge in [0.2, 0.25) is 0 Å². The largest absolute Gasteiger partial charge is 0.455 e. The van der Waals surface area contributed by atoms with Crippen LogP contribution in [0.25, 0.3) is 64.0 Å². The summed E-state index contributed by atoms with van der Waals surface area (Å²) >= 11 is 1.84. The van der Waals surface area contributed by atoms with E-state index in [4.69, 9.17) is 4.42 Å². The van der Waals surface area contributed by atoms with Gasteiger partial charge in [-0.1, -0.05) is 146 Å². The molecule has 0 radical (unpaired) electrons. The summed E-state index contributed by atoms with van der Waals surface area (Å²) in [5.41, 5.74) is 9.65. The van der Waals surface area contributed by atoms with E-state index in [2.05, 4.69) is 187 Å². The van der Waals surface area contributed by atoms with Crippen molar-refractivity contribution in [3.05, 3.63) is 206 Å². The zero-order chi connectivity index (χ0) is 35.3. The average Bonchev–Trinajstić information content (AvgIpc) is 3.78. The third-order valence-corrected chi connectivity index (χ3v) is 11.8. The summed E-state index contributed by atoms with van der Waals surface area (Å²) in [5.74, 6) is 0.431. The lowest BCUT2D eigenvalue weighted by molar-refractivity contribution is 0.670. The molecule has 2 aliphatic rings. The molecule has 0 saturated carbocycles. The number of furan rings is 1. The Kier molecular flexibility index (Phi) is 7.66. The average molecular weight is 698 g/mol. The Morgan fingerprint density at radius 3 is 2.40 bits per heavy atom. The van der Waals surface area contributed by atoms with Crippen LogP contribution < -0.4 is 4.90 Å². The molecule has 2 nitrogen and oxygen atoms in total. The number of benzene rings is 6. The highest BCUT2D eigenvalue weighted by Gasteiger charge is 2.23. The van der Waals surface area contributed by atoms with Crippen molar-refractivity contribution in [1.29, 1.82) is 0 Å². The van der Waals surface area contributed by atoms with Crippen molar-refractivity contribution < 1.29 is 4.42 Å². The summed E-state index contributed by atoms with van der Waals surface area (Å²) in [4.78, 5) is 2.38. The van der Waals surface area contributed by atoms with Gasteiger partial charge in [-0.25, -0.2) is 0 Å². The van der Waals surface area contributed by atoms with Crippen molar-refractivity contribution >= 4 is 75.6 Å². The molecule has 0 N–H and O–H groups in total. The summed E-state index contributed by atoms with van der Waals surface area (Å²) in [6.45, 7) is 4.39. The van der Waals surface area contributed by atoms with Gasteiger partial charge < -0.3 is 9.32 Å². The molecule has 2 aliphatic carbocycles. The summed E-state index contributed by atoms with van der Waals surface area (Å²) in [7, 11) is 0. The Hall–Kier alpha value is -6.42. The summed E-state index contributed by atoms with van der Waals surface area (Å²) < 4.78 is 9.28. The second-order valence-electron chi connectivity index (χ2n) is 13.6. The molecular formula is C50H35NOS. The van der Waals surface area contributed by atoms with Crippen LogP contribution in [0.15, 0.2) is 210 Å². The molecular weight excluding hydrogens is 663 g/mol. The molecule has 10 rings (SSSR count). The van der Waals surface area contributed by atoms with E-state index in [0.717, 1.165) is 56.6 Å². The van der Waals surface area contributed by atoms with E-state index < -0.39 is 0 Å². The zero-order valence-electron chi connectivity index (χ0n) is 29.1. The fraction of sp³-hybridized carbons (Fsp3) is 0.0400. The molecule has 1 atom stereocenters. The van der Waals surface area contributed by atoms with E-state index in [-0.39, 0.29) is 0 Å². The van der Waals surface area contributed by atoms with E-state index in [1.165, 1.54) is 42.1 Å². The summed E-state index contributed by atoms with van der Waals surface area (Å²) in [5, 5.41) is 7.13. The fourth-order valence-electron chi connectivity index (χ4n) is 8.08. The third-order valence-electron chi connectivity index (χ3n) is 10.6. The second kappa shape index (κ2) is 13.0. The van der Waals surface area contributed by atoms with E-state index >= 15 is 0 Å². The van der Waals surface area contributed by atoms with Gasteiger partial charge in [-0.2, -0.15) is 0 Å². The maximum absolute atomic E-state index is 6.77. The van der Waals surface area contributed by atoms with Gasteiger partial charge in [0.05, 0.1) is 16.1 Å². The monoisotopic (exact) mass is 697 g/mol. The Labute approximate surface area is 312 Å². The molecule has 2 heterocycles. The fourth-order valence-corrected chi connectivity index (χ4v) is 9.29. The van der Waals surface area contributed by atoms with E-state index in [1.54, 1.807) is 0 Å². The van der Waals surface area contributed by atoms with Crippen molar-refractivity contribution in [3.8, 4) is 11.1 Å². The van der Waals surface area contributed by atoms with Gasteiger partial charge in [-0.3, -0.25) is 0 Å². The zero-order valence-corrected chi connectivity index (χ0v) is 29.9. The molecule has 0 saturated heterocycles. The number of allylic oxidation sites excluding steroid dienone is 12. The highest BCUT2D eigenvalue weighted by molar-refractivity contribution is 7.26. The molecule has 0 fully saturated rings. The van der Waals surface area contributed by atoms with Gasteiger partial charge in [0.25, 0.3) is 0 Å². The van der Waals surface area contributed by atoms with Crippen molar-refractivity contribution in [2.45, 2.75) is 6.42 Å². The van der Waals surface area contributed by atoms with Gasteiger partial charge in [0.15, 0.2) is 0 Å². The first kappa shape index (κ1) is 31.3. The van der Waals surface area contributed by atoms with Crippen molar-refractivity contribution in [2.24, 2.45) is 5.92 Å². The maximum Gasteiger partial charge on any atom is 0.143 e.